The van der Waals surface area contributed by atoms with Crippen LogP contribution in [0.3, 0.4) is 0 Å². The van der Waals surface area contributed by atoms with E-state index < -0.39 is 5.41 Å². The molecule has 1 N–H and O–H groups in total. The summed E-state index contributed by atoms with van der Waals surface area (Å²) in [5, 5.41) is 9.72. The Hall–Kier alpha value is -1.71. The molecule has 0 atom stereocenters. The number of esters is 1. The second-order valence-corrected chi connectivity index (χ2v) is 4.19. The molecular weight excluding hydrogens is 220 g/mol. The van der Waals surface area contributed by atoms with Gasteiger partial charge in [-0.3, -0.25) is 4.79 Å². The minimum Gasteiger partial charge on any atom is -0.504 e. The first-order valence-corrected chi connectivity index (χ1v) is 5.69. The van der Waals surface area contributed by atoms with Gasteiger partial charge in [-0.05, 0) is 37.5 Å². The summed E-state index contributed by atoms with van der Waals surface area (Å²) in [6.07, 6.45) is 1.55. The molecule has 1 saturated carbocycles. The first-order chi connectivity index (χ1) is 8.14. The Kier molecular flexibility index (Phi) is 2.96. The fourth-order valence-electron chi connectivity index (χ4n) is 1.99. The van der Waals surface area contributed by atoms with Gasteiger partial charge in [-0.1, -0.05) is 6.07 Å². The van der Waals surface area contributed by atoms with Gasteiger partial charge in [0.25, 0.3) is 0 Å². The molecule has 1 fully saturated rings. The van der Waals surface area contributed by atoms with Crippen molar-refractivity contribution in [1.82, 2.24) is 0 Å². The lowest BCUT2D eigenvalue weighted by molar-refractivity contribution is -0.146. The molecule has 4 nitrogen and oxygen atoms in total. The van der Waals surface area contributed by atoms with Crippen molar-refractivity contribution in [2.24, 2.45) is 0 Å². The van der Waals surface area contributed by atoms with E-state index in [0.29, 0.717) is 12.4 Å². The summed E-state index contributed by atoms with van der Waals surface area (Å²) in [5.41, 5.74) is 0.258. The largest absolute Gasteiger partial charge is 0.504 e. The first-order valence-electron chi connectivity index (χ1n) is 5.69. The minimum atomic E-state index is -0.542. The average Bonchev–Trinajstić information content (AvgIpc) is 3.10. The number of hydrogen-bond donors (Lipinski definition) is 1. The van der Waals surface area contributed by atoms with Crippen LogP contribution in [-0.2, 0) is 14.9 Å². The fourth-order valence-corrected chi connectivity index (χ4v) is 1.99. The zero-order valence-corrected chi connectivity index (χ0v) is 10.0. The molecule has 0 saturated heterocycles. The number of benzene rings is 1. The number of carbonyl (C=O) groups excluding carboxylic acids is 1. The molecule has 2 rings (SSSR count). The molecule has 1 aromatic carbocycles. The van der Waals surface area contributed by atoms with E-state index in [-0.39, 0.29) is 11.7 Å². The highest BCUT2D eigenvalue weighted by atomic mass is 16.5. The zero-order chi connectivity index (χ0) is 12.5. The van der Waals surface area contributed by atoms with Gasteiger partial charge in [-0.2, -0.15) is 0 Å². The molecule has 0 heterocycles. The van der Waals surface area contributed by atoms with Gasteiger partial charge in [0.05, 0.1) is 19.1 Å². The maximum atomic E-state index is 11.9. The third-order valence-electron chi connectivity index (χ3n) is 3.15. The Bertz CT molecular complexity index is 435. The van der Waals surface area contributed by atoms with Crippen LogP contribution in [0, 0.1) is 0 Å². The van der Waals surface area contributed by atoms with Crippen molar-refractivity contribution < 1.29 is 19.4 Å². The van der Waals surface area contributed by atoms with Crippen LogP contribution in [0.2, 0.25) is 0 Å². The summed E-state index contributed by atoms with van der Waals surface area (Å²) in [7, 11) is 1.49. The highest BCUT2D eigenvalue weighted by molar-refractivity contribution is 5.86. The van der Waals surface area contributed by atoms with Crippen LogP contribution in [0.25, 0.3) is 0 Å². The van der Waals surface area contributed by atoms with E-state index >= 15 is 0 Å². The second kappa shape index (κ2) is 4.28. The Balaban J connectivity index is 2.28. The van der Waals surface area contributed by atoms with Gasteiger partial charge in [0, 0.05) is 0 Å². The second-order valence-electron chi connectivity index (χ2n) is 4.19. The highest BCUT2D eigenvalue weighted by Crippen LogP contribution is 2.50. The summed E-state index contributed by atoms with van der Waals surface area (Å²) < 4.78 is 10.0. The molecule has 4 heteroatoms. The lowest BCUT2D eigenvalue weighted by Crippen LogP contribution is -2.23. The van der Waals surface area contributed by atoms with Crippen LogP contribution < -0.4 is 4.74 Å². The average molecular weight is 236 g/mol. The van der Waals surface area contributed by atoms with Crippen LogP contribution in [0.4, 0.5) is 0 Å². The minimum absolute atomic E-state index is 0.0561. The maximum Gasteiger partial charge on any atom is 0.316 e. The molecule has 0 spiro atoms. The van der Waals surface area contributed by atoms with Crippen LogP contribution in [0.5, 0.6) is 11.5 Å². The van der Waals surface area contributed by atoms with Crippen molar-refractivity contribution in [3.63, 3.8) is 0 Å². The van der Waals surface area contributed by atoms with Crippen LogP contribution in [0.1, 0.15) is 25.3 Å². The molecule has 0 aromatic heterocycles. The maximum absolute atomic E-state index is 11.9. The monoisotopic (exact) mass is 236 g/mol. The number of rotatable bonds is 4. The number of ether oxygens (including phenoxy) is 2. The number of carbonyl (C=O) groups is 1. The number of methoxy groups -OCH3 is 1. The van der Waals surface area contributed by atoms with E-state index in [1.807, 2.05) is 6.07 Å². The molecule has 0 aliphatic heterocycles. The normalized spacial score (nSPS) is 16.4. The van der Waals surface area contributed by atoms with E-state index in [9.17, 15) is 9.90 Å². The molecule has 17 heavy (non-hydrogen) atoms. The predicted molar refractivity (Wildman–Crippen MR) is 62.2 cm³/mol. The van der Waals surface area contributed by atoms with E-state index in [0.717, 1.165) is 18.4 Å². The standard InChI is InChI=1S/C13H16O4/c1-3-17-12(15)13(6-7-13)9-4-5-11(16-2)10(14)8-9/h4-5,8,14H,3,6-7H2,1-2H3. The van der Waals surface area contributed by atoms with Gasteiger partial charge >= 0.3 is 5.97 Å². The number of phenolic OH excluding ortho intramolecular Hbond substituents is 1. The summed E-state index contributed by atoms with van der Waals surface area (Å²) in [6, 6.07) is 5.06. The van der Waals surface area contributed by atoms with E-state index in [1.165, 1.54) is 7.11 Å². The molecule has 0 unspecified atom stereocenters. The first kappa shape index (κ1) is 11.8. The van der Waals surface area contributed by atoms with Crippen molar-refractivity contribution in [2.45, 2.75) is 25.2 Å². The van der Waals surface area contributed by atoms with Crippen molar-refractivity contribution in [1.29, 1.82) is 0 Å². The summed E-state index contributed by atoms with van der Waals surface area (Å²) in [6.45, 7) is 2.17. The quantitative estimate of drug-likeness (QED) is 0.812. The number of hydrogen-bond acceptors (Lipinski definition) is 4. The molecule has 92 valence electrons. The SMILES string of the molecule is CCOC(=O)C1(c2ccc(OC)c(O)c2)CC1. The molecule has 0 bridgehead atoms. The third kappa shape index (κ3) is 1.95. The summed E-state index contributed by atoms with van der Waals surface area (Å²) in [5.74, 6) is 0.263. The third-order valence-corrected chi connectivity index (χ3v) is 3.15. The summed E-state index contributed by atoms with van der Waals surface area (Å²) in [4.78, 5) is 11.9. The van der Waals surface area contributed by atoms with E-state index in [1.54, 1.807) is 19.1 Å². The van der Waals surface area contributed by atoms with Gasteiger partial charge < -0.3 is 14.6 Å². The number of phenols is 1. The Morgan fingerprint density at radius 1 is 1.47 bits per heavy atom. The molecular formula is C13H16O4. The molecule has 0 radical (unpaired) electrons. The molecule has 1 aliphatic rings. The molecule has 1 aromatic rings. The van der Waals surface area contributed by atoms with Crippen LogP contribution in [0.15, 0.2) is 18.2 Å². The van der Waals surface area contributed by atoms with E-state index in [4.69, 9.17) is 9.47 Å². The van der Waals surface area contributed by atoms with Crippen molar-refractivity contribution in [2.75, 3.05) is 13.7 Å². The molecule has 1 aliphatic carbocycles. The van der Waals surface area contributed by atoms with Crippen LogP contribution >= 0.6 is 0 Å². The van der Waals surface area contributed by atoms with Crippen LogP contribution in [-0.4, -0.2) is 24.8 Å². The predicted octanol–water partition coefficient (Wildman–Crippen LogP) is 2.00. The zero-order valence-electron chi connectivity index (χ0n) is 10.0. The van der Waals surface area contributed by atoms with Gasteiger partial charge in [-0.25, -0.2) is 0 Å². The Morgan fingerprint density at radius 3 is 2.65 bits per heavy atom. The smallest absolute Gasteiger partial charge is 0.316 e. The fraction of sp³-hybridized carbons (Fsp3) is 0.462. The van der Waals surface area contributed by atoms with Crippen molar-refractivity contribution in [3.05, 3.63) is 23.8 Å². The topological polar surface area (TPSA) is 55.8 Å². The summed E-state index contributed by atoms with van der Waals surface area (Å²) >= 11 is 0. The Labute approximate surface area is 100 Å². The molecule has 0 amide bonds. The Morgan fingerprint density at radius 2 is 2.18 bits per heavy atom. The van der Waals surface area contributed by atoms with Gasteiger partial charge in [0.2, 0.25) is 0 Å². The van der Waals surface area contributed by atoms with E-state index in [2.05, 4.69) is 0 Å². The van der Waals surface area contributed by atoms with Crippen molar-refractivity contribution in [3.8, 4) is 11.5 Å². The number of aromatic hydroxyl groups is 1. The lowest BCUT2D eigenvalue weighted by atomic mass is 9.96. The van der Waals surface area contributed by atoms with Gasteiger partial charge in [-0.15, -0.1) is 0 Å². The lowest BCUT2D eigenvalue weighted by Gasteiger charge is -2.15. The van der Waals surface area contributed by atoms with Gasteiger partial charge in [0.1, 0.15) is 0 Å². The van der Waals surface area contributed by atoms with Gasteiger partial charge in [0.15, 0.2) is 11.5 Å². The highest BCUT2D eigenvalue weighted by Gasteiger charge is 2.52. The van der Waals surface area contributed by atoms with Crippen molar-refractivity contribution >= 4 is 5.97 Å².